The van der Waals surface area contributed by atoms with Crippen LogP contribution in [0.15, 0.2) is 76.3 Å². The van der Waals surface area contributed by atoms with Crippen LogP contribution in [0.3, 0.4) is 0 Å². The quantitative estimate of drug-likeness (QED) is 0.429. The van der Waals surface area contributed by atoms with E-state index in [1.165, 1.54) is 18.2 Å². The van der Waals surface area contributed by atoms with Gasteiger partial charge in [-0.3, -0.25) is 9.52 Å². The minimum absolute atomic E-state index is 0.0914. The van der Waals surface area contributed by atoms with Gasteiger partial charge < -0.3 is 10.2 Å². The molecule has 2 N–H and O–H groups in total. The molecule has 1 atom stereocenters. The molecular formula is C23H24ClN3O3S2. The lowest BCUT2D eigenvalue weighted by Gasteiger charge is -2.23. The van der Waals surface area contributed by atoms with Crippen molar-refractivity contribution >= 4 is 50.6 Å². The number of hydrogen-bond donors (Lipinski definition) is 2. The van der Waals surface area contributed by atoms with Crippen molar-refractivity contribution in [1.29, 1.82) is 0 Å². The number of hydrogen-bond acceptors (Lipinski definition) is 5. The second-order valence-corrected chi connectivity index (χ2v) is 10.1. The van der Waals surface area contributed by atoms with Crippen LogP contribution in [0.2, 0.25) is 5.02 Å². The maximum atomic E-state index is 12.6. The third-order valence-electron chi connectivity index (χ3n) is 4.76. The molecule has 1 unspecified atom stereocenters. The van der Waals surface area contributed by atoms with E-state index in [1.54, 1.807) is 53.8 Å². The highest BCUT2D eigenvalue weighted by Gasteiger charge is 2.16. The average molecular weight is 490 g/mol. The molecular weight excluding hydrogens is 466 g/mol. The number of carbonyl (C=O) groups is 1. The fourth-order valence-electron chi connectivity index (χ4n) is 3.00. The van der Waals surface area contributed by atoms with Crippen LogP contribution >= 0.6 is 22.9 Å². The van der Waals surface area contributed by atoms with Crippen LogP contribution < -0.4 is 10.0 Å². The molecule has 32 heavy (non-hydrogen) atoms. The lowest BCUT2D eigenvalue weighted by Crippen LogP contribution is -2.33. The van der Waals surface area contributed by atoms with Crippen molar-refractivity contribution in [3.63, 3.8) is 0 Å². The molecule has 0 fully saturated rings. The topological polar surface area (TPSA) is 78.5 Å². The summed E-state index contributed by atoms with van der Waals surface area (Å²) in [6.45, 7) is 0.484. The Morgan fingerprint density at radius 2 is 1.84 bits per heavy atom. The van der Waals surface area contributed by atoms with Crippen LogP contribution in [0.25, 0.3) is 6.08 Å². The van der Waals surface area contributed by atoms with Gasteiger partial charge in [-0.1, -0.05) is 35.9 Å². The fourth-order valence-corrected chi connectivity index (χ4v) is 5.02. The maximum Gasteiger partial charge on any atom is 0.261 e. The van der Waals surface area contributed by atoms with E-state index in [9.17, 15) is 13.2 Å². The van der Waals surface area contributed by atoms with E-state index in [0.29, 0.717) is 22.8 Å². The highest BCUT2D eigenvalue weighted by Crippen LogP contribution is 2.24. The molecule has 0 spiro atoms. The zero-order valence-electron chi connectivity index (χ0n) is 17.7. The number of benzene rings is 2. The van der Waals surface area contributed by atoms with Crippen LogP contribution in [-0.2, 0) is 14.8 Å². The molecule has 0 aliphatic heterocycles. The average Bonchev–Trinajstić information content (AvgIpc) is 3.28. The second kappa shape index (κ2) is 10.8. The van der Waals surface area contributed by atoms with Gasteiger partial charge in [-0.15, -0.1) is 0 Å². The van der Waals surface area contributed by atoms with Gasteiger partial charge in [0, 0.05) is 12.6 Å². The molecule has 1 aromatic heterocycles. The summed E-state index contributed by atoms with van der Waals surface area (Å²) < 4.78 is 27.6. The van der Waals surface area contributed by atoms with Gasteiger partial charge in [0.15, 0.2) is 0 Å². The number of halogens is 1. The maximum absolute atomic E-state index is 12.6. The SMILES string of the molecule is CN(C)C(CNC(=O)/C=C/c1ccc(S(=O)(=O)Nc2ccccc2Cl)cc1)c1ccsc1. The molecule has 3 rings (SSSR count). The van der Waals surface area contributed by atoms with E-state index >= 15 is 0 Å². The third kappa shape index (κ3) is 6.43. The van der Waals surface area contributed by atoms with E-state index in [4.69, 9.17) is 11.6 Å². The van der Waals surface area contributed by atoms with Gasteiger partial charge in [0.05, 0.1) is 21.6 Å². The van der Waals surface area contributed by atoms with Crippen LogP contribution in [0.1, 0.15) is 17.2 Å². The largest absolute Gasteiger partial charge is 0.351 e. The zero-order chi connectivity index (χ0) is 23.1. The first-order valence-corrected chi connectivity index (χ1v) is 12.6. The number of anilines is 1. The van der Waals surface area contributed by atoms with E-state index in [1.807, 2.05) is 25.5 Å². The van der Waals surface area contributed by atoms with Gasteiger partial charge in [-0.25, -0.2) is 8.42 Å². The Kier molecular flexibility index (Phi) is 8.09. The van der Waals surface area contributed by atoms with Gasteiger partial charge in [-0.05, 0) is 72.4 Å². The Morgan fingerprint density at radius 3 is 2.47 bits per heavy atom. The molecule has 1 heterocycles. The Balaban J connectivity index is 1.60. The Labute approximate surface area is 197 Å². The predicted molar refractivity (Wildman–Crippen MR) is 131 cm³/mol. The van der Waals surface area contributed by atoms with Gasteiger partial charge in [-0.2, -0.15) is 11.3 Å². The molecule has 0 bridgehead atoms. The fraction of sp³-hybridized carbons (Fsp3) is 0.174. The first-order chi connectivity index (χ1) is 15.3. The van der Waals surface area contributed by atoms with E-state index in [-0.39, 0.29) is 16.8 Å². The predicted octanol–water partition coefficient (Wildman–Crippen LogP) is 4.63. The Bertz CT molecular complexity index is 1180. The summed E-state index contributed by atoms with van der Waals surface area (Å²) in [6, 6.07) is 15.0. The Morgan fingerprint density at radius 1 is 1.12 bits per heavy atom. The van der Waals surface area contributed by atoms with E-state index in [0.717, 1.165) is 5.56 Å². The normalized spacial score (nSPS) is 12.8. The van der Waals surface area contributed by atoms with Crippen molar-refractivity contribution in [3.8, 4) is 0 Å². The van der Waals surface area contributed by atoms with Gasteiger partial charge in [0.1, 0.15) is 0 Å². The highest BCUT2D eigenvalue weighted by molar-refractivity contribution is 7.92. The summed E-state index contributed by atoms with van der Waals surface area (Å²) in [4.78, 5) is 14.4. The Hall–Kier alpha value is -2.65. The van der Waals surface area contributed by atoms with Gasteiger partial charge in [0.2, 0.25) is 5.91 Å². The number of rotatable bonds is 9. The summed E-state index contributed by atoms with van der Waals surface area (Å²) in [5, 5.41) is 7.31. The number of para-hydroxylation sites is 1. The van der Waals surface area contributed by atoms with E-state index in [2.05, 4.69) is 20.3 Å². The minimum atomic E-state index is -3.77. The smallest absolute Gasteiger partial charge is 0.261 e. The van der Waals surface area contributed by atoms with Crippen molar-refractivity contribution in [3.05, 3.63) is 87.6 Å². The molecule has 0 aliphatic carbocycles. The molecule has 2 aromatic carbocycles. The van der Waals surface area contributed by atoms with Crippen molar-refractivity contribution in [2.45, 2.75) is 10.9 Å². The van der Waals surface area contributed by atoms with Gasteiger partial charge >= 0.3 is 0 Å². The molecule has 0 aliphatic rings. The summed E-state index contributed by atoms with van der Waals surface area (Å²) in [7, 11) is 0.172. The number of thiophene rings is 1. The first-order valence-electron chi connectivity index (χ1n) is 9.78. The number of nitrogens with zero attached hydrogens (tertiary/aromatic N) is 1. The zero-order valence-corrected chi connectivity index (χ0v) is 20.0. The van der Waals surface area contributed by atoms with Crippen molar-refractivity contribution < 1.29 is 13.2 Å². The van der Waals surface area contributed by atoms with Crippen LogP contribution in [0.4, 0.5) is 5.69 Å². The number of carbonyl (C=O) groups excluding carboxylic acids is 1. The number of amides is 1. The molecule has 9 heteroatoms. The summed E-state index contributed by atoms with van der Waals surface area (Å²) in [6.07, 6.45) is 3.08. The molecule has 0 saturated carbocycles. The number of likely N-dealkylation sites (N-methyl/N-ethyl adjacent to an activating group) is 1. The molecule has 1 amide bonds. The van der Waals surface area contributed by atoms with Crippen molar-refractivity contribution in [1.82, 2.24) is 10.2 Å². The highest BCUT2D eigenvalue weighted by atomic mass is 35.5. The summed E-state index contributed by atoms with van der Waals surface area (Å²) >= 11 is 7.65. The number of sulfonamides is 1. The second-order valence-electron chi connectivity index (χ2n) is 7.27. The van der Waals surface area contributed by atoms with Crippen molar-refractivity contribution in [2.75, 3.05) is 25.4 Å². The first kappa shape index (κ1) is 24.0. The molecule has 0 saturated heterocycles. The molecule has 0 radical (unpaired) electrons. The van der Waals surface area contributed by atoms with Crippen molar-refractivity contribution in [2.24, 2.45) is 0 Å². The lowest BCUT2D eigenvalue weighted by molar-refractivity contribution is -0.116. The molecule has 6 nitrogen and oxygen atoms in total. The van der Waals surface area contributed by atoms with E-state index < -0.39 is 10.0 Å². The molecule has 3 aromatic rings. The summed E-state index contributed by atoms with van der Waals surface area (Å²) in [5.74, 6) is -0.218. The van der Waals surface area contributed by atoms with Crippen LogP contribution in [-0.4, -0.2) is 39.9 Å². The van der Waals surface area contributed by atoms with Crippen LogP contribution in [0.5, 0.6) is 0 Å². The third-order valence-corrected chi connectivity index (χ3v) is 7.17. The lowest BCUT2D eigenvalue weighted by atomic mass is 10.1. The number of nitrogens with one attached hydrogen (secondary N) is 2. The molecule has 168 valence electrons. The van der Waals surface area contributed by atoms with Gasteiger partial charge in [0.25, 0.3) is 10.0 Å². The minimum Gasteiger partial charge on any atom is -0.351 e. The summed E-state index contributed by atoms with van der Waals surface area (Å²) in [5.41, 5.74) is 2.18. The standard InChI is InChI=1S/C23H24ClN3O3S2/c1-27(2)22(18-13-14-31-16-18)15-25-23(28)12-9-17-7-10-19(11-8-17)32(29,30)26-21-6-4-3-5-20(21)24/h3-14,16,22,26H,15H2,1-2H3,(H,25,28)/b12-9+. The van der Waals surface area contributed by atoms with Crippen LogP contribution in [0, 0.1) is 0 Å². The monoisotopic (exact) mass is 489 g/mol.